The van der Waals surface area contributed by atoms with Gasteiger partial charge in [-0.05, 0) is 49.7 Å². The summed E-state index contributed by atoms with van der Waals surface area (Å²) in [6.45, 7) is 3.02. The third-order valence-electron chi connectivity index (χ3n) is 4.47. The van der Waals surface area contributed by atoms with Gasteiger partial charge < -0.3 is 21.4 Å². The van der Waals surface area contributed by atoms with Gasteiger partial charge in [0.1, 0.15) is 0 Å². The van der Waals surface area contributed by atoms with E-state index in [1.165, 1.54) is 5.56 Å². The van der Waals surface area contributed by atoms with Crippen LogP contribution in [-0.2, 0) is 6.54 Å². The molecule has 0 unspecified atom stereocenters. The maximum atomic E-state index is 6.11. The zero-order chi connectivity index (χ0) is 16.1. The summed E-state index contributed by atoms with van der Waals surface area (Å²) in [6.07, 6.45) is 2.28. The van der Waals surface area contributed by atoms with Gasteiger partial charge in [0.2, 0.25) is 0 Å². The molecule has 5 nitrogen and oxygen atoms in total. The molecule has 0 bridgehead atoms. The average Bonchev–Trinajstić information content (AvgIpc) is 2.61. The Kier molecular flexibility index (Phi) is 5.00. The third kappa shape index (κ3) is 3.75. The summed E-state index contributed by atoms with van der Waals surface area (Å²) in [6, 6.07) is 17.2. The number of hydrazine groups is 1. The molecule has 0 saturated carbocycles. The predicted octanol–water partition coefficient (Wildman–Crippen LogP) is 2.31. The van der Waals surface area contributed by atoms with Crippen LogP contribution >= 0.6 is 0 Å². The Morgan fingerprint density at radius 3 is 2.48 bits per heavy atom. The van der Waals surface area contributed by atoms with Crippen molar-refractivity contribution in [2.45, 2.75) is 25.4 Å². The summed E-state index contributed by atoms with van der Waals surface area (Å²) in [5, 5.41) is 3.44. The van der Waals surface area contributed by atoms with E-state index in [0.717, 1.165) is 43.9 Å². The van der Waals surface area contributed by atoms with Crippen LogP contribution in [0.2, 0.25) is 0 Å². The number of hydrogen-bond donors (Lipinski definition) is 4. The maximum Gasteiger partial charge on any atom is 0.0717 e. The highest BCUT2D eigenvalue weighted by atomic mass is 15.2. The molecular formula is C18H25N5. The summed E-state index contributed by atoms with van der Waals surface area (Å²) in [4.78, 5) is 2.47. The topological polar surface area (TPSA) is 79.3 Å². The van der Waals surface area contributed by atoms with Gasteiger partial charge >= 0.3 is 0 Å². The van der Waals surface area contributed by atoms with E-state index in [9.17, 15) is 0 Å². The molecule has 2 aromatic carbocycles. The fourth-order valence-electron chi connectivity index (χ4n) is 3.19. The van der Waals surface area contributed by atoms with Crippen molar-refractivity contribution in [3.63, 3.8) is 0 Å². The van der Waals surface area contributed by atoms with Crippen LogP contribution in [0.25, 0.3) is 0 Å². The summed E-state index contributed by atoms with van der Waals surface area (Å²) >= 11 is 0. The van der Waals surface area contributed by atoms with Crippen molar-refractivity contribution < 1.29 is 0 Å². The first-order valence-corrected chi connectivity index (χ1v) is 8.15. The van der Waals surface area contributed by atoms with E-state index in [-0.39, 0.29) is 0 Å². The van der Waals surface area contributed by atoms with Gasteiger partial charge in [0.15, 0.2) is 0 Å². The first-order valence-electron chi connectivity index (χ1n) is 8.15. The molecule has 1 aliphatic rings. The van der Waals surface area contributed by atoms with E-state index >= 15 is 0 Å². The van der Waals surface area contributed by atoms with Crippen molar-refractivity contribution in [3.05, 3.63) is 54.1 Å². The van der Waals surface area contributed by atoms with Crippen molar-refractivity contribution in [1.29, 1.82) is 0 Å². The molecule has 1 fully saturated rings. The minimum atomic E-state index is 0.521. The van der Waals surface area contributed by atoms with Gasteiger partial charge in [0.05, 0.1) is 11.4 Å². The Bertz CT molecular complexity index is 623. The number of nitrogen functional groups attached to an aromatic ring is 2. The van der Waals surface area contributed by atoms with E-state index in [4.69, 9.17) is 11.6 Å². The normalized spacial score (nSPS) is 15.3. The Hall–Kier alpha value is -2.24. The number of rotatable bonds is 5. The minimum Gasteiger partial charge on any atom is -0.397 e. The van der Waals surface area contributed by atoms with E-state index in [1.807, 2.05) is 12.1 Å². The standard InChI is InChI=1S/C18H25N5/c19-17-12-16(6-7-18(17)22-20)23(15-8-10-21-11-9-15)13-14-4-2-1-3-5-14/h1-7,12,15,21-22H,8-11,13,19-20H2. The molecule has 6 N–H and O–H groups in total. The highest BCUT2D eigenvalue weighted by Gasteiger charge is 2.22. The van der Waals surface area contributed by atoms with Crippen molar-refractivity contribution >= 4 is 17.1 Å². The SMILES string of the molecule is NNc1ccc(N(Cc2ccccc2)C2CCNCC2)cc1N. The van der Waals surface area contributed by atoms with Gasteiger partial charge in [-0.3, -0.25) is 5.84 Å². The van der Waals surface area contributed by atoms with Crippen LogP contribution in [0.5, 0.6) is 0 Å². The lowest BCUT2D eigenvalue weighted by Crippen LogP contribution is -2.43. The van der Waals surface area contributed by atoms with Gasteiger partial charge in [-0.2, -0.15) is 0 Å². The predicted molar refractivity (Wildman–Crippen MR) is 97.2 cm³/mol. The van der Waals surface area contributed by atoms with E-state index < -0.39 is 0 Å². The second kappa shape index (κ2) is 7.35. The van der Waals surface area contributed by atoms with Crippen LogP contribution < -0.4 is 27.2 Å². The van der Waals surface area contributed by atoms with Crippen LogP contribution in [0.15, 0.2) is 48.5 Å². The summed E-state index contributed by atoms with van der Waals surface area (Å²) < 4.78 is 0. The number of anilines is 3. The number of benzene rings is 2. The Morgan fingerprint density at radius 1 is 1.09 bits per heavy atom. The summed E-state index contributed by atoms with van der Waals surface area (Å²) in [7, 11) is 0. The molecule has 0 amide bonds. The lowest BCUT2D eigenvalue weighted by atomic mass is 10.0. The van der Waals surface area contributed by atoms with Crippen molar-refractivity contribution in [1.82, 2.24) is 5.32 Å². The van der Waals surface area contributed by atoms with Crippen LogP contribution in [0.4, 0.5) is 17.1 Å². The van der Waals surface area contributed by atoms with Gasteiger partial charge in [0.25, 0.3) is 0 Å². The summed E-state index contributed by atoms with van der Waals surface area (Å²) in [5.74, 6) is 5.49. The fourth-order valence-corrected chi connectivity index (χ4v) is 3.19. The van der Waals surface area contributed by atoms with Crippen molar-refractivity contribution in [3.8, 4) is 0 Å². The third-order valence-corrected chi connectivity index (χ3v) is 4.47. The molecule has 0 atom stereocenters. The molecule has 122 valence electrons. The molecule has 1 heterocycles. The van der Waals surface area contributed by atoms with Crippen LogP contribution in [0, 0.1) is 0 Å². The van der Waals surface area contributed by atoms with Crippen LogP contribution in [0.3, 0.4) is 0 Å². The molecule has 1 aliphatic heterocycles. The summed E-state index contributed by atoms with van der Waals surface area (Å²) in [5.41, 5.74) is 12.6. The Morgan fingerprint density at radius 2 is 1.83 bits per heavy atom. The second-order valence-electron chi connectivity index (χ2n) is 6.01. The second-order valence-corrected chi connectivity index (χ2v) is 6.01. The van der Waals surface area contributed by atoms with Crippen LogP contribution in [-0.4, -0.2) is 19.1 Å². The van der Waals surface area contributed by atoms with Gasteiger partial charge in [0, 0.05) is 18.3 Å². The molecule has 0 aromatic heterocycles. The molecule has 0 radical (unpaired) electrons. The highest BCUT2D eigenvalue weighted by Crippen LogP contribution is 2.29. The first-order chi connectivity index (χ1) is 11.3. The highest BCUT2D eigenvalue weighted by molar-refractivity contribution is 5.71. The molecule has 0 aliphatic carbocycles. The smallest absolute Gasteiger partial charge is 0.0717 e. The van der Waals surface area contributed by atoms with Crippen molar-refractivity contribution in [2.24, 2.45) is 5.84 Å². The van der Waals surface area contributed by atoms with Crippen LogP contribution in [0.1, 0.15) is 18.4 Å². The number of hydrogen-bond acceptors (Lipinski definition) is 5. The molecule has 23 heavy (non-hydrogen) atoms. The monoisotopic (exact) mass is 311 g/mol. The number of piperidine rings is 1. The molecule has 2 aromatic rings. The molecule has 5 heteroatoms. The number of nitrogens with zero attached hydrogens (tertiary/aromatic N) is 1. The minimum absolute atomic E-state index is 0.521. The lowest BCUT2D eigenvalue weighted by Gasteiger charge is -2.37. The molecule has 1 saturated heterocycles. The van der Waals surface area contributed by atoms with Crippen molar-refractivity contribution in [2.75, 3.05) is 29.1 Å². The van der Waals surface area contributed by atoms with Gasteiger partial charge in [-0.25, -0.2) is 0 Å². The first kappa shape index (κ1) is 15.6. The van der Waals surface area contributed by atoms with Gasteiger partial charge in [-0.15, -0.1) is 0 Å². The zero-order valence-corrected chi connectivity index (χ0v) is 13.3. The van der Waals surface area contributed by atoms with E-state index in [0.29, 0.717) is 11.7 Å². The molecule has 3 rings (SSSR count). The zero-order valence-electron chi connectivity index (χ0n) is 13.3. The van der Waals surface area contributed by atoms with E-state index in [1.54, 1.807) is 0 Å². The van der Waals surface area contributed by atoms with Gasteiger partial charge in [-0.1, -0.05) is 30.3 Å². The number of nitrogens with two attached hydrogens (primary N) is 2. The number of nitrogens with one attached hydrogen (secondary N) is 2. The van der Waals surface area contributed by atoms with E-state index in [2.05, 4.69) is 52.0 Å². The largest absolute Gasteiger partial charge is 0.397 e. The Labute approximate surface area is 137 Å². The quantitative estimate of drug-likeness (QED) is 0.387. The molecule has 0 spiro atoms. The molecular weight excluding hydrogens is 286 g/mol. The maximum absolute atomic E-state index is 6.11. The Balaban J connectivity index is 1.89. The fraction of sp³-hybridized carbons (Fsp3) is 0.333. The lowest BCUT2D eigenvalue weighted by molar-refractivity contribution is 0.428. The average molecular weight is 311 g/mol.